The Bertz CT molecular complexity index is 1090. The number of thiazole rings is 1. The van der Waals surface area contributed by atoms with Gasteiger partial charge in [0.05, 0.1) is 16.8 Å². The molecule has 2 heterocycles. The van der Waals surface area contributed by atoms with Crippen molar-refractivity contribution in [2.75, 3.05) is 12.9 Å². The Labute approximate surface area is 171 Å². The summed E-state index contributed by atoms with van der Waals surface area (Å²) in [5.41, 5.74) is 2.04. The van der Waals surface area contributed by atoms with Gasteiger partial charge < -0.3 is 9.30 Å². The molecule has 2 aromatic heterocycles. The monoisotopic (exact) mass is 418 g/mol. The van der Waals surface area contributed by atoms with Crippen LogP contribution < -0.4 is 4.80 Å². The molecule has 0 aliphatic carbocycles. The van der Waals surface area contributed by atoms with E-state index < -0.39 is 5.91 Å². The van der Waals surface area contributed by atoms with Gasteiger partial charge in [-0.2, -0.15) is 10.1 Å². The number of amides is 1. The maximum atomic E-state index is 12.7. The largest absolute Gasteiger partial charge is 0.465 e. The number of hydrogen-bond donors (Lipinski definition) is 0. The lowest BCUT2D eigenvalue weighted by atomic mass is 10.3. The van der Waals surface area contributed by atoms with Crippen LogP contribution in [0.4, 0.5) is 0 Å². The smallest absolute Gasteiger partial charge is 0.326 e. The second-order valence-corrected chi connectivity index (χ2v) is 7.90. The zero-order valence-electron chi connectivity index (χ0n) is 16.3. The van der Waals surface area contributed by atoms with Gasteiger partial charge in [-0.25, -0.2) is 0 Å². The Morgan fingerprint density at radius 3 is 2.71 bits per heavy atom. The van der Waals surface area contributed by atoms with Gasteiger partial charge in [-0.3, -0.25) is 14.3 Å². The summed E-state index contributed by atoms with van der Waals surface area (Å²) in [6.07, 6.45) is 2.00. The molecule has 0 spiro atoms. The molecule has 28 heavy (non-hydrogen) atoms. The number of aromatic nitrogens is 3. The molecule has 0 fully saturated rings. The second-order valence-electron chi connectivity index (χ2n) is 6.01. The average Bonchev–Trinajstić information content (AvgIpc) is 3.21. The van der Waals surface area contributed by atoms with Crippen LogP contribution in [0.3, 0.4) is 0 Å². The lowest BCUT2D eigenvalue weighted by molar-refractivity contribution is -0.143. The maximum absolute atomic E-state index is 12.7. The van der Waals surface area contributed by atoms with Gasteiger partial charge in [-0.1, -0.05) is 11.3 Å². The SMILES string of the molecule is CCOC(=O)Cn1c(=NC(=O)c2cc(C)n(CC)n2)sc2cc(SC)ccc21. The molecule has 0 N–H and O–H groups in total. The zero-order valence-corrected chi connectivity index (χ0v) is 17.9. The van der Waals surface area contributed by atoms with Crippen molar-refractivity contribution in [2.24, 2.45) is 4.99 Å². The molecule has 9 heteroatoms. The first-order valence-corrected chi connectivity index (χ1v) is 11.0. The third-order valence-corrected chi connectivity index (χ3v) is 5.95. The molecular weight excluding hydrogens is 396 g/mol. The molecule has 0 saturated carbocycles. The number of aryl methyl sites for hydroxylation is 2. The van der Waals surface area contributed by atoms with E-state index in [1.165, 1.54) is 11.3 Å². The van der Waals surface area contributed by atoms with Gasteiger partial charge in [0.25, 0.3) is 5.91 Å². The van der Waals surface area contributed by atoms with Crippen LogP contribution >= 0.6 is 23.1 Å². The van der Waals surface area contributed by atoms with E-state index in [2.05, 4.69) is 10.1 Å². The van der Waals surface area contributed by atoms with E-state index in [0.29, 0.717) is 23.6 Å². The lowest BCUT2D eigenvalue weighted by Gasteiger charge is -2.05. The van der Waals surface area contributed by atoms with Gasteiger partial charge >= 0.3 is 5.97 Å². The van der Waals surface area contributed by atoms with Crippen molar-refractivity contribution in [3.8, 4) is 0 Å². The van der Waals surface area contributed by atoms with Crippen LogP contribution in [0, 0.1) is 6.92 Å². The Kier molecular flexibility index (Phi) is 6.35. The predicted molar refractivity (Wildman–Crippen MR) is 111 cm³/mol. The Balaban J connectivity index is 2.09. The first-order valence-electron chi connectivity index (χ1n) is 8.93. The summed E-state index contributed by atoms with van der Waals surface area (Å²) < 4.78 is 9.52. The fourth-order valence-corrected chi connectivity index (χ4v) is 4.41. The molecule has 0 bridgehead atoms. The second kappa shape index (κ2) is 8.74. The van der Waals surface area contributed by atoms with Crippen molar-refractivity contribution in [1.29, 1.82) is 0 Å². The normalized spacial score (nSPS) is 11.9. The third-order valence-electron chi connectivity index (χ3n) is 4.18. The minimum absolute atomic E-state index is 0.000988. The molecule has 1 amide bonds. The van der Waals surface area contributed by atoms with Gasteiger partial charge in [-0.05, 0) is 51.3 Å². The van der Waals surface area contributed by atoms with Crippen LogP contribution in [0.25, 0.3) is 10.2 Å². The molecule has 0 unspecified atom stereocenters. The summed E-state index contributed by atoms with van der Waals surface area (Å²) in [5.74, 6) is -0.791. The van der Waals surface area contributed by atoms with Crippen LogP contribution in [0.1, 0.15) is 30.0 Å². The van der Waals surface area contributed by atoms with Crippen LogP contribution in [0.2, 0.25) is 0 Å². The number of thioether (sulfide) groups is 1. The molecule has 1 aromatic carbocycles. The fraction of sp³-hybridized carbons (Fsp3) is 0.368. The van der Waals surface area contributed by atoms with Crippen LogP contribution in [-0.4, -0.2) is 39.1 Å². The predicted octanol–water partition coefficient (Wildman–Crippen LogP) is 3.25. The first kappa shape index (κ1) is 20.3. The van der Waals surface area contributed by atoms with Crippen molar-refractivity contribution in [2.45, 2.75) is 38.8 Å². The van der Waals surface area contributed by atoms with Gasteiger partial charge in [0.1, 0.15) is 6.54 Å². The van der Waals surface area contributed by atoms with Crippen molar-refractivity contribution >= 4 is 45.2 Å². The number of hydrogen-bond acceptors (Lipinski definition) is 6. The maximum Gasteiger partial charge on any atom is 0.326 e. The van der Waals surface area contributed by atoms with E-state index in [9.17, 15) is 9.59 Å². The topological polar surface area (TPSA) is 78.5 Å². The number of fused-ring (bicyclic) bond motifs is 1. The van der Waals surface area contributed by atoms with E-state index in [4.69, 9.17) is 4.74 Å². The fourth-order valence-electron chi connectivity index (χ4n) is 2.83. The van der Waals surface area contributed by atoms with Crippen LogP contribution in [0.5, 0.6) is 0 Å². The molecule has 0 radical (unpaired) electrons. The van der Waals surface area contributed by atoms with Crippen molar-refractivity contribution < 1.29 is 14.3 Å². The van der Waals surface area contributed by atoms with Crippen molar-refractivity contribution in [1.82, 2.24) is 14.3 Å². The zero-order chi connectivity index (χ0) is 20.3. The molecule has 7 nitrogen and oxygen atoms in total. The van der Waals surface area contributed by atoms with Gasteiger partial charge in [-0.15, -0.1) is 11.8 Å². The third kappa shape index (κ3) is 4.20. The van der Waals surface area contributed by atoms with Crippen molar-refractivity contribution in [3.63, 3.8) is 0 Å². The highest BCUT2D eigenvalue weighted by molar-refractivity contribution is 7.98. The molecule has 3 rings (SSSR count). The molecular formula is C19H22N4O3S2. The highest BCUT2D eigenvalue weighted by Gasteiger charge is 2.15. The lowest BCUT2D eigenvalue weighted by Crippen LogP contribution is -2.23. The molecule has 3 aromatic rings. The first-order chi connectivity index (χ1) is 13.5. The van der Waals surface area contributed by atoms with Gasteiger partial charge in [0.15, 0.2) is 10.5 Å². The molecule has 0 atom stereocenters. The summed E-state index contributed by atoms with van der Waals surface area (Å²) >= 11 is 3.01. The molecule has 148 valence electrons. The highest BCUT2D eigenvalue weighted by atomic mass is 32.2. The number of benzene rings is 1. The number of ether oxygens (including phenoxy) is 1. The highest BCUT2D eigenvalue weighted by Crippen LogP contribution is 2.24. The molecule has 0 aliphatic rings. The number of esters is 1. The van der Waals surface area contributed by atoms with Crippen LogP contribution in [0.15, 0.2) is 34.2 Å². The van der Waals surface area contributed by atoms with Crippen molar-refractivity contribution in [3.05, 3.63) is 40.5 Å². The van der Waals surface area contributed by atoms with E-state index in [1.54, 1.807) is 34.0 Å². The molecule has 0 aliphatic heterocycles. The van der Waals surface area contributed by atoms with Gasteiger partial charge in [0.2, 0.25) is 0 Å². The Morgan fingerprint density at radius 2 is 2.07 bits per heavy atom. The summed E-state index contributed by atoms with van der Waals surface area (Å²) in [5, 5.41) is 4.30. The Hall–Kier alpha value is -2.39. The van der Waals surface area contributed by atoms with Crippen LogP contribution in [-0.2, 0) is 22.6 Å². The molecule has 0 saturated heterocycles. The minimum Gasteiger partial charge on any atom is -0.465 e. The standard InChI is InChI=1S/C19H22N4O3S2/c1-5-23-12(3)9-14(21-23)18(25)20-19-22(11-17(24)26-6-2)15-8-7-13(27-4)10-16(15)28-19/h7-10H,5-6,11H2,1-4H3. The van der Waals surface area contributed by atoms with E-state index in [1.807, 2.05) is 38.3 Å². The number of nitrogens with zero attached hydrogens (tertiary/aromatic N) is 4. The average molecular weight is 419 g/mol. The summed E-state index contributed by atoms with van der Waals surface area (Å²) in [6.45, 7) is 6.62. The number of rotatable bonds is 6. The summed E-state index contributed by atoms with van der Waals surface area (Å²) in [7, 11) is 0. The summed E-state index contributed by atoms with van der Waals surface area (Å²) in [4.78, 5) is 30.6. The minimum atomic E-state index is -0.426. The number of carbonyl (C=O) groups excluding carboxylic acids is 2. The quantitative estimate of drug-likeness (QED) is 0.454. The number of carbonyl (C=O) groups is 2. The Morgan fingerprint density at radius 1 is 1.29 bits per heavy atom. The summed E-state index contributed by atoms with van der Waals surface area (Å²) in [6, 6.07) is 7.69. The van der Waals surface area contributed by atoms with E-state index in [-0.39, 0.29) is 12.5 Å². The van der Waals surface area contributed by atoms with Gasteiger partial charge in [0, 0.05) is 17.1 Å². The van der Waals surface area contributed by atoms with E-state index in [0.717, 1.165) is 20.8 Å². The van der Waals surface area contributed by atoms with E-state index >= 15 is 0 Å².